The second-order valence-electron chi connectivity index (χ2n) is 7.29. The van der Waals surface area contributed by atoms with Crippen molar-refractivity contribution in [3.05, 3.63) is 55.7 Å². The number of aromatic amines is 1. The normalized spacial score (nSPS) is 26.8. The zero-order valence-corrected chi connectivity index (χ0v) is 17.9. The van der Waals surface area contributed by atoms with Crippen LogP contribution in [0, 0.1) is 24.5 Å². The van der Waals surface area contributed by atoms with E-state index in [2.05, 4.69) is 25.9 Å². The second kappa shape index (κ2) is 7.60. The van der Waals surface area contributed by atoms with E-state index >= 15 is 0 Å². The molecule has 1 aromatic heterocycles. The quantitative estimate of drug-likeness (QED) is 0.611. The van der Waals surface area contributed by atoms with Crippen LogP contribution in [0.15, 0.2) is 21.4 Å². The Morgan fingerprint density at radius 1 is 1.30 bits per heavy atom. The van der Waals surface area contributed by atoms with Crippen LogP contribution in [-0.2, 0) is 4.74 Å². The summed E-state index contributed by atoms with van der Waals surface area (Å²) in [7, 11) is 1.09. The van der Waals surface area contributed by atoms with E-state index in [0.717, 1.165) is 26.2 Å². The summed E-state index contributed by atoms with van der Waals surface area (Å²) in [6.45, 7) is 3.67. The molecule has 1 aliphatic rings. The van der Waals surface area contributed by atoms with E-state index in [9.17, 15) is 26.7 Å². The number of H-pyrrole nitrogens is 1. The standard InChI is InChI=1S/C19H18BrF5N2O3/c1-7-11(9-5-6-10(21)13(22)14(9)29-4)15(30-18(7,3)19(23,24)25)16-26-8(2)12(20)17(28)27-16/h5-7,11,15H,1-4H3,(H,26,27,28)/t7-,11-,15+,18+/m0/s1. The Labute approximate surface area is 176 Å². The third kappa shape index (κ3) is 3.41. The average molecular weight is 497 g/mol. The van der Waals surface area contributed by atoms with E-state index in [0.29, 0.717) is 0 Å². The summed E-state index contributed by atoms with van der Waals surface area (Å²) in [4.78, 5) is 18.7. The highest BCUT2D eigenvalue weighted by Gasteiger charge is 2.65. The Bertz CT molecular complexity index is 1040. The molecule has 0 amide bonds. The summed E-state index contributed by atoms with van der Waals surface area (Å²) in [6, 6.07) is 1.96. The maximum Gasteiger partial charge on any atom is 0.417 e. The van der Waals surface area contributed by atoms with Gasteiger partial charge >= 0.3 is 6.18 Å². The number of nitrogens with zero attached hydrogens (tertiary/aromatic N) is 1. The van der Waals surface area contributed by atoms with Crippen molar-refractivity contribution in [3.8, 4) is 5.75 Å². The van der Waals surface area contributed by atoms with Crippen LogP contribution >= 0.6 is 15.9 Å². The molecule has 2 heterocycles. The highest BCUT2D eigenvalue weighted by atomic mass is 79.9. The van der Waals surface area contributed by atoms with Gasteiger partial charge in [-0.3, -0.25) is 4.79 Å². The van der Waals surface area contributed by atoms with Gasteiger partial charge in [-0.1, -0.05) is 13.0 Å². The van der Waals surface area contributed by atoms with Gasteiger partial charge in [-0.15, -0.1) is 0 Å². The Kier molecular flexibility index (Phi) is 5.74. The first kappa shape index (κ1) is 22.7. The van der Waals surface area contributed by atoms with Crippen LogP contribution in [0.3, 0.4) is 0 Å². The predicted molar refractivity (Wildman–Crippen MR) is 100 cm³/mol. The SMILES string of the molecule is COc1c([C@H]2[C@H](c3nc(C)c(Br)c(=O)[nH]3)O[C@@](C)(C(F)(F)F)[C@H]2C)ccc(F)c1F. The fourth-order valence-corrected chi connectivity index (χ4v) is 3.97. The molecule has 0 spiro atoms. The van der Waals surface area contributed by atoms with Gasteiger partial charge in [-0.05, 0) is 35.8 Å². The fourth-order valence-electron chi connectivity index (χ4n) is 3.78. The van der Waals surface area contributed by atoms with Crippen molar-refractivity contribution in [1.29, 1.82) is 0 Å². The lowest BCUT2D eigenvalue weighted by Crippen LogP contribution is -2.46. The lowest BCUT2D eigenvalue weighted by atomic mass is 9.77. The number of alkyl halides is 3. The van der Waals surface area contributed by atoms with E-state index in [4.69, 9.17) is 9.47 Å². The lowest BCUT2D eigenvalue weighted by Gasteiger charge is -2.32. The van der Waals surface area contributed by atoms with Gasteiger partial charge in [0, 0.05) is 17.4 Å². The molecule has 1 fully saturated rings. The zero-order chi connectivity index (χ0) is 22.6. The summed E-state index contributed by atoms with van der Waals surface area (Å²) in [6.07, 6.45) is -6.18. The third-order valence-electron chi connectivity index (χ3n) is 5.63. The Morgan fingerprint density at radius 2 is 1.93 bits per heavy atom. The first-order valence-corrected chi connectivity index (χ1v) is 9.65. The number of nitrogens with one attached hydrogen (secondary N) is 1. The van der Waals surface area contributed by atoms with Gasteiger partial charge in [0.15, 0.2) is 17.2 Å². The Hall–Kier alpha value is -2.01. The maximum atomic E-state index is 14.3. The first-order valence-electron chi connectivity index (χ1n) is 8.86. The van der Waals surface area contributed by atoms with Crippen molar-refractivity contribution in [2.24, 2.45) is 5.92 Å². The second-order valence-corrected chi connectivity index (χ2v) is 8.09. The van der Waals surface area contributed by atoms with Crippen molar-refractivity contribution < 1.29 is 31.4 Å². The minimum Gasteiger partial charge on any atom is -0.493 e. The topological polar surface area (TPSA) is 64.2 Å². The fraction of sp³-hybridized carbons (Fsp3) is 0.474. The molecule has 0 saturated carbocycles. The van der Waals surface area contributed by atoms with Crippen LogP contribution in [0.2, 0.25) is 0 Å². The van der Waals surface area contributed by atoms with Gasteiger partial charge in [0.1, 0.15) is 16.4 Å². The molecule has 11 heteroatoms. The number of hydrogen-bond donors (Lipinski definition) is 1. The highest BCUT2D eigenvalue weighted by Crippen LogP contribution is 2.59. The molecular weight excluding hydrogens is 479 g/mol. The summed E-state index contributed by atoms with van der Waals surface area (Å²) < 4.78 is 80.4. The van der Waals surface area contributed by atoms with Gasteiger partial charge < -0.3 is 14.5 Å². The van der Waals surface area contributed by atoms with E-state index in [1.165, 1.54) is 13.8 Å². The minimum absolute atomic E-state index is 0.0231. The number of ether oxygens (including phenoxy) is 2. The summed E-state index contributed by atoms with van der Waals surface area (Å²) >= 11 is 3.05. The zero-order valence-electron chi connectivity index (χ0n) is 16.3. The van der Waals surface area contributed by atoms with Crippen LogP contribution in [0.4, 0.5) is 22.0 Å². The van der Waals surface area contributed by atoms with Crippen LogP contribution in [0.5, 0.6) is 5.75 Å². The van der Waals surface area contributed by atoms with Crippen LogP contribution in [0.1, 0.15) is 43.0 Å². The molecule has 0 radical (unpaired) electrons. The van der Waals surface area contributed by atoms with Gasteiger partial charge in [-0.2, -0.15) is 17.6 Å². The van der Waals surface area contributed by atoms with E-state index in [-0.39, 0.29) is 21.6 Å². The predicted octanol–water partition coefficient (Wildman–Crippen LogP) is 4.94. The lowest BCUT2D eigenvalue weighted by molar-refractivity contribution is -0.275. The molecule has 164 valence electrons. The molecule has 5 nitrogen and oxygen atoms in total. The van der Waals surface area contributed by atoms with E-state index in [1.54, 1.807) is 0 Å². The minimum atomic E-state index is -4.78. The van der Waals surface area contributed by atoms with Gasteiger partial charge in [-0.25, -0.2) is 9.37 Å². The molecule has 1 aromatic carbocycles. The van der Waals surface area contributed by atoms with Crippen molar-refractivity contribution in [1.82, 2.24) is 9.97 Å². The number of halogens is 6. The highest BCUT2D eigenvalue weighted by molar-refractivity contribution is 9.10. The number of benzene rings is 1. The number of aromatic nitrogens is 2. The van der Waals surface area contributed by atoms with Crippen molar-refractivity contribution in [3.63, 3.8) is 0 Å². The van der Waals surface area contributed by atoms with Gasteiger partial charge in [0.25, 0.3) is 5.56 Å². The first-order chi connectivity index (χ1) is 13.8. The van der Waals surface area contributed by atoms with Gasteiger partial charge in [0.05, 0.1) is 12.8 Å². The number of hydrogen-bond acceptors (Lipinski definition) is 4. The van der Waals surface area contributed by atoms with Gasteiger partial charge in [0.2, 0.25) is 5.82 Å². The van der Waals surface area contributed by atoms with Crippen molar-refractivity contribution >= 4 is 15.9 Å². The molecule has 3 rings (SSSR count). The van der Waals surface area contributed by atoms with Crippen LogP contribution in [0.25, 0.3) is 0 Å². The molecule has 4 atom stereocenters. The molecule has 30 heavy (non-hydrogen) atoms. The number of rotatable bonds is 3. The average Bonchev–Trinajstić information content (AvgIpc) is 2.94. The van der Waals surface area contributed by atoms with Crippen LogP contribution in [-0.4, -0.2) is 28.9 Å². The Balaban J connectivity index is 2.27. The van der Waals surface area contributed by atoms with Crippen molar-refractivity contribution in [2.45, 2.75) is 44.6 Å². The number of methoxy groups -OCH3 is 1. The monoisotopic (exact) mass is 496 g/mol. The summed E-state index contributed by atoms with van der Waals surface area (Å²) in [5.41, 5.74) is -3.03. The maximum absolute atomic E-state index is 14.3. The summed E-state index contributed by atoms with van der Waals surface area (Å²) in [5, 5.41) is 0. The molecule has 0 unspecified atom stereocenters. The molecule has 1 aliphatic heterocycles. The smallest absolute Gasteiger partial charge is 0.417 e. The molecule has 0 aliphatic carbocycles. The van der Waals surface area contributed by atoms with Crippen molar-refractivity contribution in [2.75, 3.05) is 7.11 Å². The summed E-state index contributed by atoms with van der Waals surface area (Å²) in [5.74, 6) is -5.61. The molecule has 1 saturated heterocycles. The van der Waals surface area contributed by atoms with E-state index in [1.807, 2.05) is 0 Å². The molecule has 2 aromatic rings. The Morgan fingerprint density at radius 3 is 2.47 bits per heavy atom. The molecule has 0 bridgehead atoms. The van der Waals surface area contributed by atoms with Crippen LogP contribution < -0.4 is 10.3 Å². The molecule has 1 N–H and O–H groups in total. The molecular formula is C19H18BrF5N2O3. The number of aryl methyl sites for hydroxylation is 1. The third-order valence-corrected chi connectivity index (χ3v) is 6.56. The largest absolute Gasteiger partial charge is 0.493 e. The van der Waals surface area contributed by atoms with E-state index < -0.39 is 52.7 Å².